The molecular formula is C8H8O3S. The quantitative estimate of drug-likeness (QED) is 0.261. The number of esters is 2. The van der Waals surface area contributed by atoms with Crippen molar-refractivity contribution in [3.05, 3.63) is 12.2 Å². The van der Waals surface area contributed by atoms with Crippen LogP contribution < -0.4 is 0 Å². The van der Waals surface area contributed by atoms with Crippen molar-refractivity contribution in [3.63, 3.8) is 0 Å². The van der Waals surface area contributed by atoms with E-state index in [1.54, 1.807) is 6.08 Å². The first kappa shape index (κ1) is 7.86. The van der Waals surface area contributed by atoms with Gasteiger partial charge in [0.25, 0.3) is 0 Å². The topological polar surface area (TPSA) is 43.4 Å². The lowest BCUT2D eigenvalue weighted by Crippen LogP contribution is -2.35. The third kappa shape index (κ3) is 0.843. The Morgan fingerprint density at radius 2 is 2.33 bits per heavy atom. The van der Waals surface area contributed by atoms with E-state index in [9.17, 15) is 9.59 Å². The van der Waals surface area contributed by atoms with Crippen LogP contribution in [0.4, 0.5) is 0 Å². The first-order valence-corrected chi connectivity index (χ1v) is 4.25. The molecule has 0 aromatic rings. The zero-order valence-corrected chi connectivity index (χ0v) is 7.21. The minimum atomic E-state index is -0.977. The van der Waals surface area contributed by atoms with Crippen molar-refractivity contribution < 1.29 is 14.3 Å². The number of fused-ring (bicyclic) bond motifs is 1. The number of thiol groups is 1. The Kier molecular flexibility index (Phi) is 1.54. The Bertz CT molecular complexity index is 284. The van der Waals surface area contributed by atoms with Gasteiger partial charge in [0.1, 0.15) is 4.75 Å². The summed E-state index contributed by atoms with van der Waals surface area (Å²) in [6.07, 6.45) is 5.00. The van der Waals surface area contributed by atoms with E-state index in [2.05, 4.69) is 17.4 Å². The van der Waals surface area contributed by atoms with Crippen LogP contribution in [0.5, 0.6) is 0 Å². The molecule has 0 aromatic heterocycles. The van der Waals surface area contributed by atoms with Gasteiger partial charge >= 0.3 is 11.9 Å². The summed E-state index contributed by atoms with van der Waals surface area (Å²) in [5, 5.41) is 0. The summed E-state index contributed by atoms with van der Waals surface area (Å²) in [4.78, 5) is 22.3. The second-order valence-corrected chi connectivity index (χ2v) is 3.81. The molecule has 0 spiro atoms. The van der Waals surface area contributed by atoms with Gasteiger partial charge in [0.05, 0.1) is 5.92 Å². The second kappa shape index (κ2) is 2.36. The monoisotopic (exact) mass is 184 g/mol. The van der Waals surface area contributed by atoms with Crippen LogP contribution in [-0.4, -0.2) is 16.7 Å². The van der Waals surface area contributed by atoms with Gasteiger partial charge in [-0.3, -0.25) is 4.79 Å². The number of carbonyl (C=O) groups is 2. The molecule has 0 bridgehead atoms. The molecule has 12 heavy (non-hydrogen) atoms. The Balaban J connectivity index is 2.44. The van der Waals surface area contributed by atoms with Gasteiger partial charge in [-0.2, -0.15) is 12.6 Å². The maximum Gasteiger partial charge on any atom is 0.334 e. The molecule has 2 rings (SSSR count). The van der Waals surface area contributed by atoms with E-state index in [4.69, 9.17) is 0 Å². The van der Waals surface area contributed by atoms with E-state index in [0.29, 0.717) is 6.42 Å². The van der Waals surface area contributed by atoms with Crippen LogP contribution in [0.3, 0.4) is 0 Å². The van der Waals surface area contributed by atoms with E-state index in [0.717, 1.165) is 6.42 Å². The summed E-state index contributed by atoms with van der Waals surface area (Å²) in [6, 6.07) is 0. The highest BCUT2D eigenvalue weighted by Gasteiger charge is 2.54. The van der Waals surface area contributed by atoms with Crippen LogP contribution in [0.2, 0.25) is 0 Å². The molecule has 2 aliphatic rings. The number of hydrogen-bond donors (Lipinski definition) is 1. The van der Waals surface area contributed by atoms with Gasteiger partial charge in [-0.05, 0) is 12.8 Å². The van der Waals surface area contributed by atoms with E-state index in [-0.39, 0.29) is 5.92 Å². The van der Waals surface area contributed by atoms with Crippen LogP contribution in [0, 0.1) is 5.92 Å². The minimum Gasteiger partial charge on any atom is -0.392 e. The fourth-order valence-electron chi connectivity index (χ4n) is 1.61. The van der Waals surface area contributed by atoms with Gasteiger partial charge in [-0.1, -0.05) is 12.2 Å². The van der Waals surface area contributed by atoms with Crippen molar-refractivity contribution >= 4 is 24.6 Å². The smallest absolute Gasteiger partial charge is 0.334 e. The lowest BCUT2D eigenvalue weighted by molar-refractivity contribution is -0.153. The highest BCUT2D eigenvalue weighted by Crippen LogP contribution is 2.40. The van der Waals surface area contributed by atoms with Crippen LogP contribution >= 0.6 is 12.6 Å². The molecule has 0 amide bonds. The number of ether oxygens (including phenoxy) is 1. The Labute approximate surface area is 75.2 Å². The van der Waals surface area contributed by atoms with Crippen LogP contribution in [-0.2, 0) is 14.3 Å². The first-order chi connectivity index (χ1) is 5.64. The zero-order chi connectivity index (χ0) is 8.77. The van der Waals surface area contributed by atoms with Crippen molar-refractivity contribution in [1.82, 2.24) is 0 Å². The molecule has 1 saturated heterocycles. The molecule has 0 saturated carbocycles. The summed E-state index contributed by atoms with van der Waals surface area (Å²) >= 11 is 4.18. The zero-order valence-electron chi connectivity index (χ0n) is 6.32. The number of carbonyl (C=O) groups excluding carboxylic acids is 2. The molecule has 1 aliphatic heterocycles. The molecule has 2 atom stereocenters. The minimum absolute atomic E-state index is 0.377. The predicted molar refractivity (Wildman–Crippen MR) is 44.7 cm³/mol. The SMILES string of the molecule is O=C1OC(=O)C2(S)C=CCCC12. The maximum absolute atomic E-state index is 11.2. The molecule has 1 heterocycles. The summed E-state index contributed by atoms with van der Waals surface area (Å²) in [7, 11) is 0. The summed E-state index contributed by atoms with van der Waals surface area (Å²) < 4.78 is 3.53. The number of rotatable bonds is 0. The van der Waals surface area contributed by atoms with Crippen molar-refractivity contribution in [1.29, 1.82) is 0 Å². The second-order valence-electron chi connectivity index (χ2n) is 3.07. The van der Waals surface area contributed by atoms with Crippen LogP contribution in [0.1, 0.15) is 12.8 Å². The Morgan fingerprint density at radius 3 is 3.00 bits per heavy atom. The Hall–Kier alpha value is -0.770. The molecule has 64 valence electrons. The lowest BCUT2D eigenvalue weighted by atomic mass is 9.85. The van der Waals surface area contributed by atoms with E-state index in [1.165, 1.54) is 0 Å². The summed E-state index contributed by atoms with van der Waals surface area (Å²) in [6.45, 7) is 0. The molecule has 0 radical (unpaired) electrons. The molecule has 0 aromatic carbocycles. The molecule has 3 nitrogen and oxygen atoms in total. The number of allylic oxidation sites excluding steroid dienone is 1. The third-order valence-corrected chi connectivity index (χ3v) is 2.97. The van der Waals surface area contributed by atoms with Crippen molar-refractivity contribution in [3.8, 4) is 0 Å². The van der Waals surface area contributed by atoms with Gasteiger partial charge in [-0.15, -0.1) is 0 Å². The van der Waals surface area contributed by atoms with E-state index >= 15 is 0 Å². The van der Waals surface area contributed by atoms with Crippen LogP contribution in [0.15, 0.2) is 12.2 Å². The first-order valence-electron chi connectivity index (χ1n) is 3.81. The normalized spacial score (nSPS) is 39.6. The highest BCUT2D eigenvalue weighted by molar-refractivity contribution is 7.83. The largest absolute Gasteiger partial charge is 0.392 e. The highest BCUT2D eigenvalue weighted by atomic mass is 32.1. The van der Waals surface area contributed by atoms with Crippen molar-refractivity contribution in [2.75, 3.05) is 0 Å². The summed E-state index contributed by atoms with van der Waals surface area (Å²) in [5.74, 6) is -1.34. The van der Waals surface area contributed by atoms with Gasteiger partial charge in [0, 0.05) is 0 Å². The molecular weight excluding hydrogens is 176 g/mol. The third-order valence-electron chi connectivity index (χ3n) is 2.33. The number of hydrogen-bond acceptors (Lipinski definition) is 4. The average Bonchev–Trinajstić information content (AvgIpc) is 2.25. The molecule has 4 heteroatoms. The van der Waals surface area contributed by atoms with Gasteiger partial charge in [0.2, 0.25) is 0 Å². The number of cyclic esters (lactones) is 2. The fraction of sp³-hybridized carbons (Fsp3) is 0.500. The van der Waals surface area contributed by atoms with Crippen molar-refractivity contribution in [2.24, 2.45) is 5.92 Å². The van der Waals surface area contributed by atoms with Crippen molar-refractivity contribution in [2.45, 2.75) is 17.6 Å². The summed E-state index contributed by atoms with van der Waals surface area (Å²) in [5.41, 5.74) is 0. The average molecular weight is 184 g/mol. The maximum atomic E-state index is 11.2. The standard InChI is InChI=1S/C8H8O3S/c9-6-5-3-1-2-4-8(5,12)7(10)11-6/h2,4-5,12H,1,3H2. The fourth-order valence-corrected chi connectivity index (χ4v) is 2.00. The molecule has 2 unspecified atom stereocenters. The molecule has 1 aliphatic carbocycles. The van der Waals surface area contributed by atoms with E-state index in [1.807, 2.05) is 6.08 Å². The van der Waals surface area contributed by atoms with E-state index < -0.39 is 16.7 Å². The molecule has 1 fully saturated rings. The lowest BCUT2D eigenvalue weighted by Gasteiger charge is -2.23. The predicted octanol–water partition coefficient (Wildman–Crippen LogP) is 0.705. The van der Waals surface area contributed by atoms with Gasteiger partial charge in [0.15, 0.2) is 0 Å². The van der Waals surface area contributed by atoms with Crippen LogP contribution in [0.25, 0.3) is 0 Å². The van der Waals surface area contributed by atoms with Gasteiger partial charge in [-0.25, -0.2) is 4.79 Å². The molecule has 0 N–H and O–H groups in total. The van der Waals surface area contributed by atoms with Gasteiger partial charge < -0.3 is 4.74 Å². The Morgan fingerprint density at radius 1 is 1.58 bits per heavy atom.